The molecule has 0 aliphatic rings. The van der Waals surface area contributed by atoms with E-state index in [4.69, 9.17) is 25.9 Å². The molecule has 0 aliphatic heterocycles. The van der Waals surface area contributed by atoms with Crippen LogP contribution in [0.1, 0.15) is 52.7 Å². The Bertz CT molecular complexity index is 8400. The van der Waals surface area contributed by atoms with Crippen LogP contribution in [0.5, 0.6) is 0 Å². The molecule has 8 aromatic heterocycles. The highest BCUT2D eigenvalue weighted by atomic mass is 16.3. The average Bonchev–Trinajstić information content (AvgIpc) is 1.60. The van der Waals surface area contributed by atoms with Crippen molar-refractivity contribution in [3.63, 3.8) is 0 Å². The molecule has 0 atom stereocenters. The van der Waals surface area contributed by atoms with Gasteiger partial charge in [0.05, 0.1) is 22.3 Å². The maximum absolute atomic E-state index is 8.20. The number of aromatic nitrogens is 4. The number of rotatable bonds is 7. The maximum Gasteiger partial charge on any atom is 0.216 e. The predicted octanol–water partition coefficient (Wildman–Crippen LogP) is 28.4. The molecular formula is C114H92N4O4+4. The van der Waals surface area contributed by atoms with Gasteiger partial charge in [-0.25, -0.2) is 18.3 Å². The Hall–Kier alpha value is -14.9. The molecule has 0 saturated carbocycles. The first kappa shape index (κ1) is 69.1. The first-order chi connectivity index (χ1) is 61.8. The minimum atomic E-state index is -2.24. The van der Waals surface area contributed by atoms with Crippen molar-refractivity contribution in [1.29, 1.82) is 0 Å². The second kappa shape index (κ2) is 30.8. The topological polar surface area (TPSA) is 68.1 Å². The van der Waals surface area contributed by atoms with Gasteiger partial charge >= 0.3 is 0 Å². The number of pyridine rings is 4. The quantitative estimate of drug-likeness (QED) is 0.149. The fourth-order valence-corrected chi connectivity index (χ4v) is 17.9. The first-order valence-electron chi connectivity index (χ1n) is 44.4. The monoisotopic (exact) mass is 1590 g/mol. The van der Waals surface area contributed by atoms with Crippen LogP contribution in [0.25, 0.3) is 209 Å². The van der Waals surface area contributed by atoms with E-state index < -0.39 is 13.7 Å². The van der Waals surface area contributed by atoms with E-state index in [-0.39, 0.29) is 0 Å². The summed E-state index contributed by atoms with van der Waals surface area (Å²) < 4.78 is 82.9. The number of nitrogens with zero attached hydrogens (tertiary/aromatic N) is 4. The molecule has 8 nitrogen and oxygen atoms in total. The van der Waals surface area contributed by atoms with Crippen molar-refractivity contribution in [3.8, 4) is 78.4 Å². The Balaban J connectivity index is 0.000000108. The number of aryl methyl sites for hydroxylation is 12. The van der Waals surface area contributed by atoms with Crippen molar-refractivity contribution in [3.05, 3.63) is 385 Å². The molecule has 0 bridgehead atoms. The van der Waals surface area contributed by atoms with Crippen LogP contribution in [0.15, 0.2) is 358 Å². The molecule has 0 fully saturated rings. The highest BCUT2D eigenvalue weighted by Gasteiger charge is 2.28. The van der Waals surface area contributed by atoms with E-state index in [0.29, 0.717) is 22.3 Å². The third kappa shape index (κ3) is 13.7. The molecule has 8 heteroatoms. The zero-order valence-electron chi connectivity index (χ0n) is 75.8. The largest absolute Gasteiger partial charge is 0.456 e. The van der Waals surface area contributed by atoms with E-state index in [0.717, 1.165) is 149 Å². The lowest BCUT2D eigenvalue weighted by atomic mass is 9.95. The number of hydrogen-bond donors (Lipinski definition) is 0. The van der Waals surface area contributed by atoms with Crippen molar-refractivity contribution < 1.29 is 44.2 Å². The van der Waals surface area contributed by atoms with Gasteiger partial charge in [-0.1, -0.05) is 223 Å². The Morgan fingerprint density at radius 2 is 0.566 bits per heavy atom. The Labute approximate surface area is 717 Å². The van der Waals surface area contributed by atoms with Gasteiger partial charge in [-0.3, -0.25) is 0 Å². The Morgan fingerprint density at radius 1 is 0.221 bits per heavy atom. The van der Waals surface area contributed by atoms with Crippen LogP contribution in [-0.2, 0) is 28.2 Å². The van der Waals surface area contributed by atoms with Crippen molar-refractivity contribution >= 4 is 131 Å². The standard InChI is InChI=1S/C31H26NO.2C30H24NO.C23H18NO/c1-19-9-12-22(13-10-19)26-17-28(32(4)18-21(26)3)30-20(2)11-14-25-27-15-23-7-5-6-8-24(23)16-29(27)33-31(25)30;1-19-13-14-24-26-15-22-11-7-8-12-23(22)16-28(26)32-30(24)29(19)27-17-25(20(2)18-31(27)3)21-9-5-4-6-10-21;1-19-8-11-21(12-9-19)24-14-15-31(3)27(17-24)29-20(2)10-13-25-26-16-22-6-4-5-7-23(22)18-28(26)32-30(25)29;1-15-11-19-20-12-16-7-3-4-8-17(16)13-22(20)25-23(19)14-18(15)21-9-5-6-10-24(21)2/h5-18H,1-4H3;2*4-18H,1-3H3;3-14H,1-2H3/q4*+1/i3D3;2D3;;. The lowest BCUT2D eigenvalue weighted by molar-refractivity contribution is -0.660. The van der Waals surface area contributed by atoms with Gasteiger partial charge in [-0.15, -0.1) is 0 Å². The van der Waals surface area contributed by atoms with Gasteiger partial charge in [0.25, 0.3) is 0 Å². The zero-order chi connectivity index (χ0) is 88.3. The predicted molar refractivity (Wildman–Crippen MR) is 506 cm³/mol. The molecule has 23 rings (SSSR count). The van der Waals surface area contributed by atoms with Gasteiger partial charge in [0.15, 0.2) is 24.8 Å². The van der Waals surface area contributed by atoms with Gasteiger partial charge < -0.3 is 17.7 Å². The molecule has 0 aliphatic carbocycles. The van der Waals surface area contributed by atoms with Crippen LogP contribution in [0, 0.1) is 55.2 Å². The second-order valence-electron chi connectivity index (χ2n) is 32.7. The van der Waals surface area contributed by atoms with Crippen LogP contribution in [0.2, 0.25) is 0 Å². The molecule has 0 spiro atoms. The Kier molecular flexibility index (Phi) is 17.5. The third-order valence-corrected chi connectivity index (χ3v) is 24.5. The summed E-state index contributed by atoms with van der Waals surface area (Å²) in [7, 11) is 7.97. The minimum absolute atomic E-state index is 0.329. The van der Waals surface area contributed by atoms with Crippen molar-refractivity contribution in [1.82, 2.24) is 0 Å². The van der Waals surface area contributed by atoms with Gasteiger partial charge in [-0.2, -0.15) is 0 Å². The lowest BCUT2D eigenvalue weighted by Gasteiger charge is -2.10. The molecule has 0 radical (unpaired) electrons. The summed E-state index contributed by atoms with van der Waals surface area (Å²) in [5, 5.41) is 18.4. The summed E-state index contributed by atoms with van der Waals surface area (Å²) in [6, 6.07) is 109. The summed E-state index contributed by atoms with van der Waals surface area (Å²) >= 11 is 0. The minimum Gasteiger partial charge on any atom is -0.456 e. The van der Waals surface area contributed by atoms with Crippen molar-refractivity contribution in [2.24, 2.45) is 28.2 Å². The number of fused-ring (bicyclic) bond motifs is 16. The van der Waals surface area contributed by atoms with Crippen molar-refractivity contribution in [2.75, 3.05) is 0 Å². The number of hydrogen-bond acceptors (Lipinski definition) is 4. The van der Waals surface area contributed by atoms with E-state index in [1.54, 1.807) is 12.4 Å². The van der Waals surface area contributed by atoms with E-state index in [2.05, 4.69) is 289 Å². The molecule has 0 saturated heterocycles. The molecule has 15 aromatic carbocycles. The van der Waals surface area contributed by atoms with E-state index in [1.807, 2.05) is 127 Å². The highest BCUT2D eigenvalue weighted by Crippen LogP contribution is 2.45. The zero-order valence-corrected chi connectivity index (χ0v) is 69.8. The average molecular weight is 1590 g/mol. The van der Waals surface area contributed by atoms with Crippen LogP contribution in [0.4, 0.5) is 0 Å². The van der Waals surface area contributed by atoms with Gasteiger partial charge in [0, 0.05) is 98.8 Å². The molecule has 8 heterocycles. The van der Waals surface area contributed by atoms with E-state index in [1.165, 1.54) is 82.2 Å². The molecule has 23 aromatic rings. The van der Waals surface area contributed by atoms with Gasteiger partial charge in [0.1, 0.15) is 72.9 Å². The van der Waals surface area contributed by atoms with Crippen LogP contribution >= 0.6 is 0 Å². The maximum atomic E-state index is 8.20. The molecule has 0 amide bonds. The van der Waals surface area contributed by atoms with Crippen molar-refractivity contribution in [2.45, 2.75) is 55.2 Å². The molecule has 0 N–H and O–H groups in total. The Morgan fingerprint density at radius 3 is 0.984 bits per heavy atom. The molecular weight excluding hydrogens is 1490 g/mol. The molecule has 0 unspecified atom stereocenters. The highest BCUT2D eigenvalue weighted by molar-refractivity contribution is 6.17. The van der Waals surface area contributed by atoms with Gasteiger partial charge in [0.2, 0.25) is 22.8 Å². The van der Waals surface area contributed by atoms with Gasteiger partial charge in [-0.05, 0) is 221 Å². The number of furan rings is 4. The van der Waals surface area contributed by atoms with Crippen LogP contribution in [0.3, 0.4) is 0 Å². The SMILES string of the molecule is Cc1cc2c(cc1-c1cccc[n+]1C)oc1cc3ccccc3cc12.Cc1ccc(-c2cc[n+](C)c(-c3c(C)ccc4c3oc3cc5ccccc5cc34)c2)cc1.[2H]C([2H])([2H])c1c[n+](C)c(-c2c(C)ccc3c2oc2cc4ccccc4cc23)cc1-c1ccc(C)cc1.[2H]C([2H])([2H])c1c[n+](C)c(-c2c(C)ccc3c2oc2cc4ccccc4cc23)cc1-c1ccccc1. The fourth-order valence-electron chi connectivity index (χ4n) is 17.9. The molecule has 122 heavy (non-hydrogen) atoms. The van der Waals surface area contributed by atoms with Crippen LogP contribution < -0.4 is 18.3 Å². The summed E-state index contributed by atoms with van der Waals surface area (Å²) in [6.45, 7) is 8.15. The fraction of sp³-hybridized carbons (Fsp3) is 0.105. The summed E-state index contributed by atoms with van der Waals surface area (Å²) in [6.07, 6.45) is 7.69. The first-order valence-corrected chi connectivity index (χ1v) is 41.4. The lowest BCUT2D eigenvalue weighted by Crippen LogP contribution is -2.31. The second-order valence-corrected chi connectivity index (χ2v) is 32.7. The van der Waals surface area contributed by atoms with E-state index in [9.17, 15) is 0 Å². The normalized spacial score (nSPS) is 12.5. The third-order valence-electron chi connectivity index (χ3n) is 24.5. The molecule has 588 valence electrons. The summed E-state index contributed by atoms with van der Waals surface area (Å²) in [5.74, 6) is 0. The smallest absolute Gasteiger partial charge is 0.216 e. The van der Waals surface area contributed by atoms with Crippen LogP contribution in [-0.4, -0.2) is 0 Å². The van der Waals surface area contributed by atoms with E-state index >= 15 is 0 Å². The summed E-state index contributed by atoms with van der Waals surface area (Å²) in [5.41, 5.74) is 28.8. The summed E-state index contributed by atoms with van der Waals surface area (Å²) in [4.78, 5) is 0. The number of benzene rings is 15.